The molecule has 1 amide bonds. The number of anilines is 1. The molecule has 3 N–H and O–H groups in total. The van der Waals surface area contributed by atoms with E-state index in [2.05, 4.69) is 23.2 Å². The van der Waals surface area contributed by atoms with Crippen LogP contribution in [-0.2, 0) is 4.79 Å². The van der Waals surface area contributed by atoms with Gasteiger partial charge in [0.05, 0.1) is 11.6 Å². The molecule has 1 aliphatic heterocycles. The maximum atomic E-state index is 11.9. The maximum Gasteiger partial charge on any atom is 0.225 e. The molecule has 1 aromatic carbocycles. The molecule has 1 fully saturated rings. The Labute approximate surface area is 125 Å². The highest BCUT2D eigenvalue weighted by Crippen LogP contribution is 2.15. The summed E-state index contributed by atoms with van der Waals surface area (Å²) in [4.78, 5) is 14.2. The summed E-state index contributed by atoms with van der Waals surface area (Å²) in [5.74, 6) is 0.556. The summed E-state index contributed by atoms with van der Waals surface area (Å²) in [6, 6.07) is 9.14. The van der Waals surface area contributed by atoms with Crippen molar-refractivity contribution in [2.45, 2.75) is 25.8 Å². The number of piperidine rings is 1. The second kappa shape index (κ2) is 7.21. The molecule has 1 aromatic rings. The summed E-state index contributed by atoms with van der Waals surface area (Å²) in [6.45, 7) is 4.80. The van der Waals surface area contributed by atoms with Crippen molar-refractivity contribution in [3.8, 4) is 6.07 Å². The zero-order valence-corrected chi connectivity index (χ0v) is 12.4. The molecule has 0 radical (unpaired) electrons. The number of rotatable bonds is 4. The monoisotopic (exact) mass is 286 g/mol. The zero-order chi connectivity index (χ0) is 15.2. The highest BCUT2D eigenvalue weighted by atomic mass is 16.1. The average molecular weight is 286 g/mol. The summed E-state index contributed by atoms with van der Waals surface area (Å²) in [6.07, 6.45) is 1.56. The van der Waals surface area contributed by atoms with Crippen LogP contribution in [0.15, 0.2) is 24.3 Å². The average Bonchev–Trinajstić information content (AvgIpc) is 2.49. The molecule has 2 atom stereocenters. The van der Waals surface area contributed by atoms with Crippen molar-refractivity contribution in [3.63, 3.8) is 0 Å². The first-order valence-corrected chi connectivity index (χ1v) is 7.36. The van der Waals surface area contributed by atoms with Crippen molar-refractivity contribution in [1.82, 2.24) is 4.90 Å². The van der Waals surface area contributed by atoms with Gasteiger partial charge in [-0.2, -0.15) is 5.26 Å². The number of hydrogen-bond acceptors (Lipinski definition) is 4. The third kappa shape index (κ3) is 4.55. The van der Waals surface area contributed by atoms with Crippen LogP contribution in [0.1, 0.15) is 25.3 Å². The number of amides is 1. The number of carbonyl (C=O) groups excluding carboxylic acids is 1. The van der Waals surface area contributed by atoms with E-state index in [9.17, 15) is 4.79 Å². The maximum absolute atomic E-state index is 11.9. The number of likely N-dealkylation sites (tertiary alicyclic amines) is 1. The van der Waals surface area contributed by atoms with E-state index in [-0.39, 0.29) is 11.9 Å². The zero-order valence-electron chi connectivity index (χ0n) is 12.4. The van der Waals surface area contributed by atoms with Crippen LogP contribution >= 0.6 is 0 Å². The third-order valence-corrected chi connectivity index (χ3v) is 4.05. The van der Waals surface area contributed by atoms with E-state index in [4.69, 9.17) is 11.0 Å². The van der Waals surface area contributed by atoms with E-state index in [1.165, 1.54) is 0 Å². The quantitative estimate of drug-likeness (QED) is 0.880. The fourth-order valence-electron chi connectivity index (χ4n) is 2.48. The van der Waals surface area contributed by atoms with E-state index in [0.29, 0.717) is 17.9 Å². The Morgan fingerprint density at radius 2 is 2.19 bits per heavy atom. The SMILES string of the molecule is CC1CCN(CCC(=O)Nc2ccc(C#N)cc2)CC1N. The van der Waals surface area contributed by atoms with Crippen molar-refractivity contribution in [2.24, 2.45) is 11.7 Å². The van der Waals surface area contributed by atoms with Gasteiger partial charge in [-0.25, -0.2) is 0 Å². The predicted molar refractivity (Wildman–Crippen MR) is 82.6 cm³/mol. The van der Waals surface area contributed by atoms with Crippen LogP contribution in [0.5, 0.6) is 0 Å². The van der Waals surface area contributed by atoms with Crippen molar-refractivity contribution >= 4 is 11.6 Å². The number of nitrogens with two attached hydrogens (primary N) is 1. The predicted octanol–water partition coefficient (Wildman–Crippen LogP) is 1.56. The Balaban J connectivity index is 1.76. The van der Waals surface area contributed by atoms with Gasteiger partial charge in [0, 0.05) is 31.2 Å². The van der Waals surface area contributed by atoms with Gasteiger partial charge in [-0.15, -0.1) is 0 Å². The molecule has 1 aliphatic rings. The molecule has 2 rings (SSSR count). The largest absolute Gasteiger partial charge is 0.326 e. The van der Waals surface area contributed by atoms with Crippen molar-refractivity contribution in [3.05, 3.63) is 29.8 Å². The lowest BCUT2D eigenvalue weighted by atomic mass is 9.94. The smallest absolute Gasteiger partial charge is 0.225 e. The van der Waals surface area contributed by atoms with Gasteiger partial charge in [-0.05, 0) is 43.1 Å². The van der Waals surface area contributed by atoms with Gasteiger partial charge in [0.2, 0.25) is 5.91 Å². The number of nitrogens with one attached hydrogen (secondary N) is 1. The first-order chi connectivity index (χ1) is 10.1. The summed E-state index contributed by atoms with van der Waals surface area (Å²) < 4.78 is 0. The molecule has 0 spiro atoms. The summed E-state index contributed by atoms with van der Waals surface area (Å²) in [5, 5.41) is 11.6. The van der Waals surface area contributed by atoms with Gasteiger partial charge in [-0.1, -0.05) is 6.92 Å². The van der Waals surface area contributed by atoms with Gasteiger partial charge in [0.15, 0.2) is 0 Å². The summed E-state index contributed by atoms with van der Waals surface area (Å²) >= 11 is 0. The normalized spacial score (nSPS) is 22.5. The van der Waals surface area contributed by atoms with Crippen LogP contribution in [0.25, 0.3) is 0 Å². The number of carbonyl (C=O) groups is 1. The number of hydrogen-bond donors (Lipinski definition) is 2. The third-order valence-electron chi connectivity index (χ3n) is 4.05. The first-order valence-electron chi connectivity index (χ1n) is 7.36. The van der Waals surface area contributed by atoms with E-state index < -0.39 is 0 Å². The number of benzene rings is 1. The van der Waals surface area contributed by atoms with E-state index >= 15 is 0 Å². The fraction of sp³-hybridized carbons (Fsp3) is 0.500. The van der Waals surface area contributed by atoms with Gasteiger partial charge < -0.3 is 16.0 Å². The van der Waals surface area contributed by atoms with E-state index in [1.807, 2.05) is 0 Å². The van der Waals surface area contributed by atoms with Crippen LogP contribution in [0, 0.1) is 17.2 Å². The van der Waals surface area contributed by atoms with Crippen LogP contribution in [0.2, 0.25) is 0 Å². The Morgan fingerprint density at radius 3 is 2.81 bits per heavy atom. The Hall–Kier alpha value is -1.90. The van der Waals surface area contributed by atoms with E-state index in [0.717, 1.165) is 31.7 Å². The lowest BCUT2D eigenvalue weighted by Gasteiger charge is -2.34. The minimum Gasteiger partial charge on any atom is -0.326 e. The Kier molecular flexibility index (Phi) is 5.32. The van der Waals surface area contributed by atoms with Gasteiger partial charge in [0.1, 0.15) is 0 Å². The standard InChI is InChI=1S/C16H22N4O/c1-12-6-8-20(11-15(12)18)9-7-16(21)19-14-4-2-13(10-17)3-5-14/h2-5,12,15H,6-9,11,18H2,1H3,(H,19,21). The van der Waals surface area contributed by atoms with Gasteiger partial charge in [-0.3, -0.25) is 4.79 Å². The molecule has 5 nitrogen and oxygen atoms in total. The molecule has 2 unspecified atom stereocenters. The molecule has 5 heteroatoms. The first kappa shape index (κ1) is 15.5. The van der Waals surface area contributed by atoms with Crippen molar-refractivity contribution < 1.29 is 4.79 Å². The highest BCUT2D eigenvalue weighted by molar-refractivity contribution is 5.90. The van der Waals surface area contributed by atoms with Crippen LogP contribution < -0.4 is 11.1 Å². The molecular formula is C16H22N4O. The Bertz CT molecular complexity index is 520. The fourth-order valence-corrected chi connectivity index (χ4v) is 2.48. The molecule has 1 heterocycles. The van der Waals surface area contributed by atoms with Crippen LogP contribution in [-0.4, -0.2) is 36.5 Å². The summed E-state index contributed by atoms with van der Waals surface area (Å²) in [5.41, 5.74) is 7.37. The minimum absolute atomic E-state index is 0.00750. The second-order valence-corrected chi connectivity index (χ2v) is 5.72. The number of nitrogens with zero attached hydrogens (tertiary/aromatic N) is 2. The molecule has 0 aliphatic carbocycles. The van der Waals surface area contributed by atoms with Gasteiger partial charge in [0.25, 0.3) is 0 Å². The van der Waals surface area contributed by atoms with Crippen molar-refractivity contribution in [2.75, 3.05) is 25.0 Å². The molecular weight excluding hydrogens is 264 g/mol. The highest BCUT2D eigenvalue weighted by Gasteiger charge is 2.23. The van der Waals surface area contributed by atoms with E-state index in [1.54, 1.807) is 24.3 Å². The lowest BCUT2D eigenvalue weighted by molar-refractivity contribution is -0.116. The summed E-state index contributed by atoms with van der Waals surface area (Å²) in [7, 11) is 0. The molecule has 112 valence electrons. The van der Waals surface area contributed by atoms with Gasteiger partial charge >= 0.3 is 0 Å². The van der Waals surface area contributed by atoms with Crippen LogP contribution in [0.3, 0.4) is 0 Å². The minimum atomic E-state index is -0.00750. The molecule has 0 saturated carbocycles. The molecule has 21 heavy (non-hydrogen) atoms. The molecule has 0 aromatic heterocycles. The van der Waals surface area contributed by atoms with Crippen LogP contribution in [0.4, 0.5) is 5.69 Å². The number of nitriles is 1. The topological polar surface area (TPSA) is 82.2 Å². The lowest BCUT2D eigenvalue weighted by Crippen LogP contribution is -2.48. The second-order valence-electron chi connectivity index (χ2n) is 5.72. The molecule has 1 saturated heterocycles. The molecule has 0 bridgehead atoms. The Morgan fingerprint density at radius 1 is 1.48 bits per heavy atom. The van der Waals surface area contributed by atoms with Crippen molar-refractivity contribution in [1.29, 1.82) is 5.26 Å².